The van der Waals surface area contributed by atoms with Gasteiger partial charge in [-0.1, -0.05) is 40.9 Å². The number of carbonyl (C=O) groups excluding carboxylic acids is 1. The first-order chi connectivity index (χ1) is 16.4. The predicted octanol–water partition coefficient (Wildman–Crippen LogP) is 7.10. The summed E-state index contributed by atoms with van der Waals surface area (Å²) in [4.78, 5) is 17.0. The number of hydrazone groups is 1. The highest BCUT2D eigenvalue weighted by molar-refractivity contribution is 7.14. The van der Waals surface area contributed by atoms with Gasteiger partial charge in [-0.25, -0.2) is 9.78 Å². The lowest BCUT2D eigenvalue weighted by Crippen LogP contribution is -2.09. The molecule has 34 heavy (non-hydrogen) atoms. The van der Waals surface area contributed by atoms with Crippen molar-refractivity contribution in [1.29, 1.82) is 0 Å². The van der Waals surface area contributed by atoms with Gasteiger partial charge in [-0.3, -0.25) is 5.43 Å². The number of aryl methyl sites for hydroxylation is 1. The van der Waals surface area contributed by atoms with Crippen LogP contribution in [0.5, 0.6) is 11.5 Å². The van der Waals surface area contributed by atoms with E-state index in [2.05, 4.69) is 15.5 Å². The zero-order chi connectivity index (χ0) is 24.1. The van der Waals surface area contributed by atoms with E-state index in [4.69, 9.17) is 32.7 Å². The molecule has 0 radical (unpaired) electrons. The fourth-order valence-corrected chi connectivity index (χ4v) is 4.25. The molecular weight excluding hydrogens is 493 g/mol. The van der Waals surface area contributed by atoms with Crippen LogP contribution in [-0.2, 0) is 0 Å². The summed E-state index contributed by atoms with van der Waals surface area (Å²) in [6.07, 6.45) is 1.62. The van der Waals surface area contributed by atoms with Gasteiger partial charge in [0.15, 0.2) is 11.5 Å². The normalized spacial score (nSPS) is 10.9. The van der Waals surface area contributed by atoms with Gasteiger partial charge in [-0.05, 0) is 61.0 Å². The lowest BCUT2D eigenvalue weighted by molar-refractivity contribution is 0.0729. The molecule has 0 saturated heterocycles. The third-order valence-corrected chi connectivity index (χ3v) is 6.02. The van der Waals surface area contributed by atoms with Crippen LogP contribution < -0.4 is 14.9 Å². The summed E-state index contributed by atoms with van der Waals surface area (Å²) in [5, 5.41) is 7.82. The van der Waals surface area contributed by atoms with Crippen LogP contribution >= 0.6 is 34.5 Å². The van der Waals surface area contributed by atoms with Gasteiger partial charge in [0, 0.05) is 16.0 Å². The summed E-state index contributed by atoms with van der Waals surface area (Å²) in [6, 6.07) is 17.6. The number of aromatic nitrogens is 1. The molecular formula is C25H19Cl2N3O3S. The number of thiazole rings is 1. The Kier molecular flexibility index (Phi) is 7.47. The number of ether oxygens (including phenoxy) is 2. The number of methoxy groups -OCH3 is 1. The minimum Gasteiger partial charge on any atom is -0.493 e. The Morgan fingerprint density at radius 3 is 2.71 bits per heavy atom. The number of benzene rings is 3. The molecule has 172 valence electrons. The van der Waals surface area contributed by atoms with Gasteiger partial charge >= 0.3 is 5.97 Å². The van der Waals surface area contributed by atoms with Crippen LogP contribution in [0.4, 0.5) is 5.13 Å². The molecule has 9 heteroatoms. The zero-order valence-electron chi connectivity index (χ0n) is 18.2. The first-order valence-electron chi connectivity index (χ1n) is 10.1. The molecule has 0 unspecified atom stereocenters. The maximum atomic E-state index is 12.5. The number of hydrogen-bond acceptors (Lipinski definition) is 7. The Balaban J connectivity index is 1.43. The van der Waals surface area contributed by atoms with Crippen LogP contribution in [0.25, 0.3) is 11.3 Å². The third-order valence-electron chi connectivity index (χ3n) is 4.73. The molecule has 4 rings (SSSR count). The molecule has 3 aromatic carbocycles. The Bertz CT molecular complexity index is 1370. The van der Waals surface area contributed by atoms with Crippen LogP contribution in [-0.4, -0.2) is 24.3 Å². The summed E-state index contributed by atoms with van der Waals surface area (Å²) >= 11 is 13.6. The summed E-state index contributed by atoms with van der Waals surface area (Å²) in [5.74, 6) is 0.285. The van der Waals surface area contributed by atoms with Gasteiger partial charge in [-0.2, -0.15) is 5.10 Å². The first-order valence-corrected chi connectivity index (χ1v) is 11.7. The molecule has 6 nitrogen and oxygen atoms in total. The van der Waals surface area contributed by atoms with E-state index >= 15 is 0 Å². The van der Waals surface area contributed by atoms with E-state index in [0.29, 0.717) is 32.2 Å². The number of anilines is 1. The van der Waals surface area contributed by atoms with Crippen molar-refractivity contribution in [2.75, 3.05) is 12.5 Å². The van der Waals surface area contributed by atoms with Crippen LogP contribution in [0.2, 0.25) is 10.0 Å². The van der Waals surface area contributed by atoms with Crippen LogP contribution in [0.3, 0.4) is 0 Å². The highest BCUT2D eigenvalue weighted by atomic mass is 35.5. The average Bonchev–Trinajstić information content (AvgIpc) is 3.28. The number of carbonyl (C=O) groups is 1. The van der Waals surface area contributed by atoms with Crippen molar-refractivity contribution in [2.45, 2.75) is 6.92 Å². The molecule has 0 saturated carbocycles. The van der Waals surface area contributed by atoms with Crippen molar-refractivity contribution in [3.63, 3.8) is 0 Å². The van der Waals surface area contributed by atoms with Gasteiger partial charge in [0.2, 0.25) is 5.13 Å². The third kappa shape index (κ3) is 5.75. The van der Waals surface area contributed by atoms with Crippen molar-refractivity contribution in [3.8, 4) is 22.8 Å². The highest BCUT2D eigenvalue weighted by Gasteiger charge is 2.13. The molecule has 1 aromatic heterocycles. The summed E-state index contributed by atoms with van der Waals surface area (Å²) in [5.41, 5.74) is 6.62. The van der Waals surface area contributed by atoms with Crippen molar-refractivity contribution < 1.29 is 14.3 Å². The molecule has 0 fully saturated rings. The zero-order valence-corrected chi connectivity index (χ0v) is 20.5. The van der Waals surface area contributed by atoms with Crippen LogP contribution in [0.15, 0.2) is 71.1 Å². The monoisotopic (exact) mass is 511 g/mol. The molecule has 1 N–H and O–H groups in total. The van der Waals surface area contributed by atoms with Crippen molar-refractivity contribution in [1.82, 2.24) is 4.98 Å². The van der Waals surface area contributed by atoms with E-state index in [9.17, 15) is 4.79 Å². The minimum absolute atomic E-state index is 0.323. The van der Waals surface area contributed by atoms with Gasteiger partial charge in [0.25, 0.3) is 0 Å². The molecule has 0 amide bonds. The lowest BCUT2D eigenvalue weighted by Gasteiger charge is -2.10. The molecule has 4 aromatic rings. The van der Waals surface area contributed by atoms with E-state index in [1.54, 1.807) is 48.7 Å². The Morgan fingerprint density at radius 2 is 1.94 bits per heavy atom. The second-order valence-corrected chi connectivity index (χ2v) is 8.90. The average molecular weight is 512 g/mol. The molecule has 0 bridgehead atoms. The first kappa shape index (κ1) is 23.8. The second-order valence-electron chi connectivity index (χ2n) is 7.20. The molecule has 0 atom stereocenters. The number of halogens is 2. The standard InChI is InChI=1S/C25H19Cl2N3O3S/c1-15-4-3-5-17(10-15)24(31)33-22-9-6-16(11-23(22)32-2)13-28-30-25-29-21(14-34-25)19-8-7-18(26)12-20(19)27/h3-14H,1-2H3,(H,29,30)/b28-13-. The van der Waals surface area contributed by atoms with Crippen LogP contribution in [0.1, 0.15) is 21.5 Å². The minimum atomic E-state index is -0.453. The number of rotatable bonds is 7. The number of nitrogens with one attached hydrogen (secondary N) is 1. The largest absolute Gasteiger partial charge is 0.493 e. The van der Waals surface area contributed by atoms with Gasteiger partial charge < -0.3 is 9.47 Å². The SMILES string of the molecule is COc1cc(/C=N\Nc2nc(-c3ccc(Cl)cc3Cl)cs2)ccc1OC(=O)c1cccc(C)c1. The highest BCUT2D eigenvalue weighted by Crippen LogP contribution is 2.32. The predicted molar refractivity (Wildman–Crippen MR) is 138 cm³/mol. The van der Waals surface area contributed by atoms with E-state index in [1.807, 2.05) is 30.5 Å². The maximum absolute atomic E-state index is 12.5. The smallest absolute Gasteiger partial charge is 0.343 e. The fraction of sp³-hybridized carbons (Fsp3) is 0.0800. The maximum Gasteiger partial charge on any atom is 0.343 e. The van der Waals surface area contributed by atoms with Gasteiger partial charge in [0.05, 0.1) is 29.6 Å². The van der Waals surface area contributed by atoms with Gasteiger partial charge in [-0.15, -0.1) is 11.3 Å². The Hall–Kier alpha value is -3.39. The van der Waals surface area contributed by atoms with E-state index in [0.717, 1.165) is 22.4 Å². The molecule has 0 aliphatic carbocycles. The molecule has 0 spiro atoms. The Morgan fingerprint density at radius 1 is 1.09 bits per heavy atom. The molecule has 0 aliphatic heterocycles. The molecule has 1 heterocycles. The van der Waals surface area contributed by atoms with Crippen molar-refractivity contribution in [3.05, 3.63) is 92.8 Å². The number of hydrogen-bond donors (Lipinski definition) is 1. The lowest BCUT2D eigenvalue weighted by atomic mass is 10.1. The Labute approximate surface area is 210 Å². The van der Waals surface area contributed by atoms with E-state index in [-0.39, 0.29) is 0 Å². The molecule has 0 aliphatic rings. The number of esters is 1. The van der Waals surface area contributed by atoms with E-state index in [1.165, 1.54) is 18.4 Å². The van der Waals surface area contributed by atoms with Gasteiger partial charge in [0.1, 0.15) is 0 Å². The fourth-order valence-electron chi connectivity index (χ4n) is 3.09. The van der Waals surface area contributed by atoms with Crippen molar-refractivity contribution >= 4 is 51.9 Å². The number of nitrogens with zero attached hydrogens (tertiary/aromatic N) is 2. The second kappa shape index (κ2) is 10.7. The summed E-state index contributed by atoms with van der Waals surface area (Å²) in [7, 11) is 1.51. The topological polar surface area (TPSA) is 72.8 Å². The van der Waals surface area contributed by atoms with E-state index < -0.39 is 5.97 Å². The quantitative estimate of drug-likeness (QED) is 0.124. The summed E-state index contributed by atoms with van der Waals surface area (Å²) < 4.78 is 10.9. The van der Waals surface area contributed by atoms with Crippen molar-refractivity contribution in [2.24, 2.45) is 5.10 Å². The van der Waals surface area contributed by atoms with Crippen LogP contribution in [0, 0.1) is 6.92 Å². The summed E-state index contributed by atoms with van der Waals surface area (Å²) in [6.45, 7) is 1.92.